The normalized spacial score (nSPS) is 18.1. The van der Waals surface area contributed by atoms with Crippen molar-refractivity contribution in [2.45, 2.75) is 442 Å². The van der Waals surface area contributed by atoms with Crippen LogP contribution in [-0.2, 0) is 14.3 Å². The summed E-state index contributed by atoms with van der Waals surface area (Å²) >= 11 is 0. The highest BCUT2D eigenvalue weighted by atomic mass is 16.7. The van der Waals surface area contributed by atoms with Crippen molar-refractivity contribution in [1.29, 1.82) is 0 Å². The van der Waals surface area contributed by atoms with Gasteiger partial charge in [0.2, 0.25) is 5.91 Å². The third-order valence-corrected chi connectivity index (χ3v) is 18.5. The minimum atomic E-state index is -1.57. The van der Waals surface area contributed by atoms with Gasteiger partial charge in [-0.15, -0.1) is 0 Å². The summed E-state index contributed by atoms with van der Waals surface area (Å²) in [5.41, 5.74) is 0. The second kappa shape index (κ2) is 65.6. The van der Waals surface area contributed by atoms with Gasteiger partial charge in [-0.05, 0) is 32.1 Å². The lowest BCUT2D eigenvalue weighted by molar-refractivity contribution is -0.302. The molecule has 9 heteroatoms. The summed E-state index contributed by atoms with van der Waals surface area (Å²) in [6.07, 6.45) is 80.4. The fraction of sp³-hybridized carbons (Fsp3) is 0.934. The average molecular weight is 1200 g/mol. The summed E-state index contributed by atoms with van der Waals surface area (Å²) in [5.74, 6) is -0.177. The van der Waals surface area contributed by atoms with Crippen LogP contribution in [0.25, 0.3) is 0 Å². The van der Waals surface area contributed by atoms with Crippen LogP contribution < -0.4 is 5.32 Å². The molecule has 85 heavy (non-hydrogen) atoms. The Morgan fingerprint density at radius 2 is 0.671 bits per heavy atom. The summed E-state index contributed by atoms with van der Waals surface area (Å²) in [5, 5.41) is 54.8. The van der Waals surface area contributed by atoms with E-state index in [0.717, 1.165) is 38.5 Å². The molecule has 0 aromatic rings. The van der Waals surface area contributed by atoms with Crippen LogP contribution in [0.3, 0.4) is 0 Å². The Morgan fingerprint density at radius 1 is 0.388 bits per heavy atom. The van der Waals surface area contributed by atoms with Crippen molar-refractivity contribution in [3.05, 3.63) is 24.3 Å². The minimum absolute atomic E-state index is 0.177. The van der Waals surface area contributed by atoms with E-state index >= 15 is 0 Å². The molecule has 0 saturated carbocycles. The summed E-state index contributed by atoms with van der Waals surface area (Å²) in [6, 6.07) is -0.821. The number of carbonyl (C=O) groups is 1. The number of hydrogen-bond donors (Lipinski definition) is 6. The Labute approximate surface area is 528 Å². The maximum Gasteiger partial charge on any atom is 0.220 e. The Hall–Kier alpha value is -1.33. The first-order valence-electron chi connectivity index (χ1n) is 38.1. The zero-order valence-corrected chi connectivity index (χ0v) is 56.7. The molecule has 7 atom stereocenters. The van der Waals surface area contributed by atoms with Gasteiger partial charge < -0.3 is 40.3 Å². The molecule has 0 aromatic heterocycles. The monoisotopic (exact) mass is 1200 g/mol. The van der Waals surface area contributed by atoms with E-state index in [2.05, 4.69) is 31.3 Å². The highest BCUT2D eigenvalue weighted by Gasteiger charge is 2.44. The van der Waals surface area contributed by atoms with Crippen LogP contribution >= 0.6 is 0 Å². The minimum Gasteiger partial charge on any atom is -0.394 e. The number of ether oxygens (including phenoxy) is 2. The molecular weight excluding hydrogens is 1050 g/mol. The predicted molar refractivity (Wildman–Crippen MR) is 364 cm³/mol. The highest BCUT2D eigenvalue weighted by molar-refractivity contribution is 5.76. The third kappa shape index (κ3) is 54.2. The number of nitrogens with one attached hydrogen (secondary N) is 1. The van der Waals surface area contributed by atoms with Crippen LogP contribution in [0.2, 0.25) is 0 Å². The SMILES string of the molecule is CCCCCCCCCCCCCCCCCCCCCCC/C=C/CC/C=C/C(O)C(COC1OC(CO)C(O)C(O)C1O)NC(=O)CCCCCCCCCCCCCCCCCCCCCCCCCCCCCCCCCCCCC. The summed E-state index contributed by atoms with van der Waals surface area (Å²) in [6.45, 7) is 3.83. The Bertz CT molecular complexity index is 1390. The smallest absolute Gasteiger partial charge is 0.220 e. The number of aliphatic hydroxyl groups is 5. The summed E-state index contributed by atoms with van der Waals surface area (Å²) < 4.78 is 11.3. The van der Waals surface area contributed by atoms with Crippen molar-refractivity contribution >= 4 is 5.91 Å². The molecule has 0 radical (unpaired) electrons. The first-order valence-corrected chi connectivity index (χ1v) is 38.1. The van der Waals surface area contributed by atoms with E-state index in [0.29, 0.717) is 6.42 Å². The lowest BCUT2D eigenvalue weighted by atomic mass is 9.99. The molecule has 1 fully saturated rings. The van der Waals surface area contributed by atoms with Gasteiger partial charge in [-0.2, -0.15) is 0 Å². The quantitative estimate of drug-likeness (QED) is 0.0261. The Kier molecular flexibility index (Phi) is 63.1. The molecule has 1 aliphatic heterocycles. The van der Waals surface area contributed by atoms with E-state index in [1.165, 1.54) is 340 Å². The number of allylic oxidation sites excluding steroid dienone is 3. The van der Waals surface area contributed by atoms with Gasteiger partial charge in [-0.1, -0.05) is 385 Å². The molecule has 0 bridgehead atoms. The van der Waals surface area contributed by atoms with E-state index < -0.39 is 49.5 Å². The largest absolute Gasteiger partial charge is 0.394 e. The van der Waals surface area contributed by atoms with Gasteiger partial charge in [0.15, 0.2) is 6.29 Å². The molecule has 1 rings (SSSR count). The van der Waals surface area contributed by atoms with Crippen LogP contribution in [0.4, 0.5) is 0 Å². The second-order valence-electron chi connectivity index (χ2n) is 26.8. The van der Waals surface area contributed by atoms with Gasteiger partial charge in [-0.25, -0.2) is 0 Å². The maximum atomic E-state index is 13.1. The zero-order valence-electron chi connectivity index (χ0n) is 56.7. The van der Waals surface area contributed by atoms with Gasteiger partial charge in [0.25, 0.3) is 0 Å². The number of hydrogen-bond acceptors (Lipinski definition) is 8. The topological polar surface area (TPSA) is 149 Å². The van der Waals surface area contributed by atoms with Crippen molar-refractivity contribution in [2.24, 2.45) is 0 Å². The van der Waals surface area contributed by atoms with Gasteiger partial charge in [0, 0.05) is 6.42 Å². The van der Waals surface area contributed by atoms with Crippen molar-refractivity contribution in [3.8, 4) is 0 Å². The fourth-order valence-electron chi connectivity index (χ4n) is 12.6. The number of amides is 1. The molecule has 0 aromatic carbocycles. The Morgan fingerprint density at radius 3 is 0.988 bits per heavy atom. The van der Waals surface area contributed by atoms with Crippen molar-refractivity contribution in [3.63, 3.8) is 0 Å². The highest BCUT2D eigenvalue weighted by Crippen LogP contribution is 2.24. The third-order valence-electron chi connectivity index (χ3n) is 18.5. The zero-order chi connectivity index (χ0) is 61.4. The van der Waals surface area contributed by atoms with Crippen molar-refractivity contribution in [1.82, 2.24) is 5.32 Å². The van der Waals surface area contributed by atoms with Crippen LogP contribution in [0, 0.1) is 0 Å². The maximum absolute atomic E-state index is 13.1. The molecule has 0 spiro atoms. The second-order valence-corrected chi connectivity index (χ2v) is 26.8. The molecule has 1 heterocycles. The van der Waals surface area contributed by atoms with Gasteiger partial charge in [-0.3, -0.25) is 4.79 Å². The van der Waals surface area contributed by atoms with Crippen molar-refractivity contribution in [2.75, 3.05) is 13.2 Å². The van der Waals surface area contributed by atoms with Crippen LogP contribution in [-0.4, -0.2) is 87.5 Å². The molecule has 1 amide bonds. The van der Waals surface area contributed by atoms with Crippen LogP contribution in [0.15, 0.2) is 24.3 Å². The van der Waals surface area contributed by atoms with Gasteiger partial charge in [0.1, 0.15) is 24.4 Å². The van der Waals surface area contributed by atoms with E-state index in [-0.39, 0.29) is 12.5 Å². The number of aliphatic hydroxyl groups excluding tert-OH is 5. The molecule has 9 nitrogen and oxygen atoms in total. The first kappa shape index (κ1) is 81.7. The first-order chi connectivity index (χ1) is 41.8. The molecule has 1 aliphatic rings. The van der Waals surface area contributed by atoms with Crippen LogP contribution in [0.1, 0.15) is 399 Å². The fourth-order valence-corrected chi connectivity index (χ4v) is 12.6. The van der Waals surface area contributed by atoms with Crippen LogP contribution in [0.5, 0.6) is 0 Å². The predicted octanol–water partition coefficient (Wildman–Crippen LogP) is 21.2. The molecule has 7 unspecified atom stereocenters. The molecule has 1 saturated heterocycles. The number of carbonyl (C=O) groups excluding carboxylic acids is 1. The van der Waals surface area contributed by atoms with Crippen molar-refractivity contribution < 1.29 is 39.8 Å². The Balaban J connectivity index is 2.08. The standard InChI is InChI=1S/C76H147NO8/c1-3-5-7-9-11-13-15-17-19-21-23-25-27-29-31-32-33-34-35-36-37-38-40-42-44-46-48-50-52-54-56-58-60-62-64-66-72(80)77-69(68-84-76-75(83)74(82)73(81)71(67-78)85-76)70(79)65-63-61-59-57-55-53-51-49-47-45-43-41-39-30-28-26-24-22-20-18-16-14-12-10-8-6-4-2/h55,57,63,65,69-71,73-76,78-79,81-83H,3-54,56,58-62,64,66-68H2,1-2H3,(H,77,80)/b57-55+,65-63+. The van der Waals surface area contributed by atoms with E-state index in [9.17, 15) is 30.3 Å². The molecular formula is C76H147NO8. The number of unbranched alkanes of at least 4 members (excludes halogenated alkanes) is 56. The van der Waals surface area contributed by atoms with E-state index in [1.807, 2.05) is 6.08 Å². The molecule has 0 aliphatic carbocycles. The lowest BCUT2D eigenvalue weighted by Crippen LogP contribution is -2.60. The van der Waals surface area contributed by atoms with Gasteiger partial charge >= 0.3 is 0 Å². The summed E-state index contributed by atoms with van der Waals surface area (Å²) in [7, 11) is 0. The van der Waals surface area contributed by atoms with E-state index in [4.69, 9.17) is 9.47 Å². The average Bonchev–Trinajstić information content (AvgIpc) is 3.70. The van der Waals surface area contributed by atoms with E-state index in [1.54, 1.807) is 6.08 Å². The summed E-state index contributed by atoms with van der Waals surface area (Å²) in [4.78, 5) is 13.1. The number of rotatable bonds is 68. The molecule has 6 N–H and O–H groups in total. The van der Waals surface area contributed by atoms with Gasteiger partial charge in [0.05, 0.1) is 25.4 Å². The lowest BCUT2D eigenvalue weighted by Gasteiger charge is -2.40. The molecule has 504 valence electrons.